The van der Waals surface area contributed by atoms with Crippen LogP contribution in [0.4, 0.5) is 0 Å². The highest BCUT2D eigenvalue weighted by molar-refractivity contribution is 5.90. The first kappa shape index (κ1) is 13.3. The van der Waals surface area contributed by atoms with Crippen LogP contribution in [0.3, 0.4) is 0 Å². The predicted octanol–water partition coefficient (Wildman–Crippen LogP) is 4.38. The Balaban J connectivity index is 1.73. The third-order valence-corrected chi connectivity index (χ3v) is 6.01. The van der Waals surface area contributed by atoms with Crippen molar-refractivity contribution in [2.75, 3.05) is 0 Å². The van der Waals surface area contributed by atoms with Crippen molar-refractivity contribution in [3.05, 3.63) is 46.5 Å². The van der Waals surface area contributed by atoms with Gasteiger partial charge in [-0.15, -0.1) is 0 Å². The van der Waals surface area contributed by atoms with Crippen LogP contribution < -0.4 is 0 Å². The predicted molar refractivity (Wildman–Crippen MR) is 85.4 cm³/mol. The first-order valence-corrected chi connectivity index (χ1v) is 8.22. The molecule has 1 aromatic rings. The summed E-state index contributed by atoms with van der Waals surface area (Å²) >= 11 is 0. The minimum absolute atomic E-state index is 0.0413. The van der Waals surface area contributed by atoms with E-state index in [0.29, 0.717) is 18.1 Å². The van der Waals surface area contributed by atoms with E-state index in [0.717, 1.165) is 19.3 Å². The maximum absolute atomic E-state index is 12.9. The van der Waals surface area contributed by atoms with Gasteiger partial charge < -0.3 is 0 Å². The van der Waals surface area contributed by atoms with E-state index in [9.17, 15) is 4.79 Å². The maximum atomic E-state index is 12.9. The molecule has 1 spiro atoms. The fourth-order valence-corrected chi connectivity index (χ4v) is 4.66. The van der Waals surface area contributed by atoms with Gasteiger partial charge in [0, 0.05) is 11.8 Å². The first-order valence-electron chi connectivity index (χ1n) is 8.22. The van der Waals surface area contributed by atoms with Crippen LogP contribution in [0.25, 0.3) is 0 Å². The van der Waals surface area contributed by atoms with Crippen LogP contribution in [-0.4, -0.2) is 5.78 Å². The van der Waals surface area contributed by atoms with Gasteiger partial charge in [0.1, 0.15) is 5.78 Å². The molecule has 0 N–H and O–H groups in total. The Morgan fingerprint density at radius 1 is 1.14 bits per heavy atom. The van der Waals surface area contributed by atoms with Gasteiger partial charge in [0.15, 0.2) is 0 Å². The summed E-state index contributed by atoms with van der Waals surface area (Å²) in [7, 11) is 0. The van der Waals surface area contributed by atoms with Gasteiger partial charge in [-0.2, -0.15) is 0 Å². The van der Waals surface area contributed by atoms with Crippen molar-refractivity contribution in [1.29, 1.82) is 0 Å². The van der Waals surface area contributed by atoms with Crippen molar-refractivity contribution in [3.8, 4) is 0 Å². The van der Waals surface area contributed by atoms with Gasteiger partial charge in [-0.05, 0) is 53.7 Å². The first-order chi connectivity index (χ1) is 9.88. The summed E-state index contributed by atoms with van der Waals surface area (Å²) in [5.74, 6) is 1.10. The Morgan fingerprint density at radius 3 is 2.57 bits per heavy atom. The summed E-state index contributed by atoms with van der Waals surface area (Å²) in [5.41, 5.74) is 5.72. The number of carbonyl (C=O) groups is 1. The van der Waals surface area contributed by atoms with E-state index in [4.69, 9.17) is 0 Å². The molecule has 0 saturated heterocycles. The molecule has 3 aliphatic carbocycles. The van der Waals surface area contributed by atoms with E-state index in [-0.39, 0.29) is 10.8 Å². The van der Waals surface area contributed by atoms with Gasteiger partial charge in [0.2, 0.25) is 0 Å². The molecule has 1 nitrogen and oxygen atoms in total. The summed E-state index contributed by atoms with van der Waals surface area (Å²) in [4.78, 5) is 12.9. The maximum Gasteiger partial charge on any atom is 0.144 e. The van der Waals surface area contributed by atoms with Gasteiger partial charge in [0.25, 0.3) is 0 Å². The zero-order valence-electron chi connectivity index (χ0n) is 13.3. The Morgan fingerprint density at radius 2 is 1.95 bits per heavy atom. The summed E-state index contributed by atoms with van der Waals surface area (Å²) in [6.07, 6.45) is 7.37. The van der Waals surface area contributed by atoms with E-state index in [1.54, 1.807) is 5.57 Å². The minimum Gasteiger partial charge on any atom is -0.299 e. The Labute approximate surface area is 127 Å². The molecule has 110 valence electrons. The number of benzene rings is 1. The van der Waals surface area contributed by atoms with Crippen molar-refractivity contribution in [3.63, 3.8) is 0 Å². The molecule has 1 saturated carbocycles. The van der Waals surface area contributed by atoms with E-state index < -0.39 is 0 Å². The molecule has 21 heavy (non-hydrogen) atoms. The standard InChI is InChI=1S/C20H24O/c1-19(2,3)16-7-5-14-12-20(18(21)10-15(14)9-16)11-13-4-6-17(20)8-13/h4-5,7,9,17H,6,8,10-12H2,1-3H3. The minimum atomic E-state index is -0.0413. The number of Topliss-reactive ketones (excluding diaryl/α,β-unsaturated/α-hetero) is 1. The molecule has 2 atom stereocenters. The highest BCUT2D eigenvalue weighted by Crippen LogP contribution is 2.56. The Bertz CT molecular complexity index is 659. The van der Waals surface area contributed by atoms with Crippen molar-refractivity contribution in [2.45, 2.75) is 58.3 Å². The number of hydrogen-bond donors (Lipinski definition) is 0. The van der Waals surface area contributed by atoms with E-state index >= 15 is 0 Å². The van der Waals surface area contributed by atoms with Crippen LogP contribution in [0.1, 0.15) is 56.7 Å². The van der Waals surface area contributed by atoms with Gasteiger partial charge in [-0.3, -0.25) is 4.79 Å². The molecular formula is C20H24O. The molecule has 0 aromatic heterocycles. The van der Waals surface area contributed by atoms with Crippen molar-refractivity contribution in [2.24, 2.45) is 11.3 Å². The van der Waals surface area contributed by atoms with Crippen molar-refractivity contribution in [1.82, 2.24) is 0 Å². The second-order valence-corrected chi connectivity index (χ2v) is 8.34. The smallest absolute Gasteiger partial charge is 0.144 e. The SMILES string of the molecule is CC(C)(C)c1ccc2c(c1)CC(=O)C1(CC3=CCC1C3)C2. The molecule has 0 heterocycles. The highest BCUT2D eigenvalue weighted by Gasteiger charge is 2.53. The lowest BCUT2D eigenvalue weighted by atomic mass is 9.63. The van der Waals surface area contributed by atoms with Crippen LogP contribution in [0.15, 0.2) is 29.8 Å². The van der Waals surface area contributed by atoms with Gasteiger partial charge in [0.05, 0.1) is 0 Å². The second-order valence-electron chi connectivity index (χ2n) is 8.34. The number of fused-ring (bicyclic) bond motifs is 4. The number of rotatable bonds is 0. The van der Waals surface area contributed by atoms with E-state index in [2.05, 4.69) is 45.0 Å². The third-order valence-electron chi connectivity index (χ3n) is 6.01. The topological polar surface area (TPSA) is 17.1 Å². The molecule has 1 aromatic carbocycles. The molecular weight excluding hydrogens is 256 g/mol. The fourth-order valence-electron chi connectivity index (χ4n) is 4.66. The summed E-state index contributed by atoms with van der Waals surface area (Å²) in [5, 5.41) is 0. The fraction of sp³-hybridized carbons (Fsp3) is 0.550. The number of ketones is 1. The number of carbonyl (C=O) groups excluding carboxylic acids is 1. The zero-order valence-corrected chi connectivity index (χ0v) is 13.3. The van der Waals surface area contributed by atoms with Crippen molar-refractivity contribution >= 4 is 5.78 Å². The molecule has 0 amide bonds. The van der Waals surface area contributed by atoms with Crippen molar-refractivity contribution < 1.29 is 4.79 Å². The molecule has 0 aliphatic heterocycles. The quantitative estimate of drug-likeness (QED) is 0.645. The number of hydrogen-bond acceptors (Lipinski definition) is 1. The largest absolute Gasteiger partial charge is 0.299 e. The normalized spacial score (nSPS) is 30.7. The highest BCUT2D eigenvalue weighted by atomic mass is 16.1. The van der Waals surface area contributed by atoms with Gasteiger partial charge in [-0.1, -0.05) is 50.6 Å². The molecule has 1 heteroatoms. The van der Waals surface area contributed by atoms with Crippen LogP contribution in [0, 0.1) is 11.3 Å². The van der Waals surface area contributed by atoms with Crippen LogP contribution >= 0.6 is 0 Å². The van der Waals surface area contributed by atoms with Gasteiger partial charge in [-0.25, -0.2) is 0 Å². The van der Waals surface area contributed by atoms with Crippen LogP contribution in [-0.2, 0) is 23.1 Å². The monoisotopic (exact) mass is 280 g/mol. The van der Waals surface area contributed by atoms with E-state index in [1.807, 2.05) is 0 Å². The lowest BCUT2D eigenvalue weighted by molar-refractivity contribution is -0.131. The lowest BCUT2D eigenvalue weighted by Crippen LogP contribution is -2.42. The van der Waals surface area contributed by atoms with Crippen LogP contribution in [0.2, 0.25) is 0 Å². The van der Waals surface area contributed by atoms with Gasteiger partial charge >= 0.3 is 0 Å². The summed E-state index contributed by atoms with van der Waals surface area (Å²) < 4.78 is 0. The summed E-state index contributed by atoms with van der Waals surface area (Å²) in [6.45, 7) is 6.72. The average molecular weight is 280 g/mol. The average Bonchev–Trinajstić information content (AvgIpc) is 2.99. The molecule has 1 fully saturated rings. The molecule has 2 unspecified atom stereocenters. The Hall–Kier alpha value is -1.37. The third kappa shape index (κ3) is 1.86. The lowest BCUT2D eigenvalue weighted by Gasteiger charge is -2.39. The van der Waals surface area contributed by atoms with E-state index in [1.165, 1.54) is 23.1 Å². The Kier molecular flexibility index (Phi) is 2.59. The zero-order chi connectivity index (χ0) is 14.8. The summed E-state index contributed by atoms with van der Waals surface area (Å²) in [6, 6.07) is 6.85. The molecule has 0 radical (unpaired) electrons. The molecule has 3 aliphatic rings. The van der Waals surface area contributed by atoms with Crippen LogP contribution in [0.5, 0.6) is 0 Å². The number of allylic oxidation sites excluding steroid dienone is 2. The molecule has 2 bridgehead atoms. The second kappa shape index (κ2) is 4.09. The molecule has 4 rings (SSSR count).